The van der Waals surface area contributed by atoms with E-state index in [9.17, 15) is 19.2 Å². The predicted octanol–water partition coefficient (Wildman–Crippen LogP) is 2.49. The van der Waals surface area contributed by atoms with Crippen LogP contribution in [0.15, 0.2) is 46.0 Å². The Morgan fingerprint density at radius 2 is 1.94 bits per heavy atom. The number of amides is 2. The van der Waals surface area contributed by atoms with E-state index in [4.69, 9.17) is 4.74 Å². The first-order valence-corrected chi connectivity index (χ1v) is 10.5. The molecule has 0 unspecified atom stereocenters. The highest BCUT2D eigenvalue weighted by Crippen LogP contribution is 2.33. The molecule has 0 spiro atoms. The number of aryl methyl sites for hydroxylation is 1. The van der Waals surface area contributed by atoms with Crippen LogP contribution in [0.2, 0.25) is 0 Å². The van der Waals surface area contributed by atoms with E-state index in [-0.39, 0.29) is 11.8 Å². The van der Waals surface area contributed by atoms with Crippen LogP contribution in [0.3, 0.4) is 0 Å². The molecule has 2 aromatic carbocycles. The van der Waals surface area contributed by atoms with E-state index >= 15 is 0 Å². The standard InChI is InChI=1S/C23H24N4O5/c1-3-26-17-9-7-14(12-16(17)25-22(30)23(26)31)21(29)24-15-8-10-19(32-2)18(13-15)27-11-5-4-6-20(27)28/h7-10,12-13H,3-6,11H2,1-2H3,(H,24,29)(H,25,30). The van der Waals surface area contributed by atoms with E-state index in [0.29, 0.717) is 53.2 Å². The van der Waals surface area contributed by atoms with Crippen LogP contribution in [-0.4, -0.2) is 35.0 Å². The fraction of sp³-hybridized carbons (Fsp3) is 0.304. The molecule has 166 valence electrons. The third-order valence-electron chi connectivity index (χ3n) is 5.60. The van der Waals surface area contributed by atoms with Crippen LogP contribution in [0, 0.1) is 0 Å². The zero-order chi connectivity index (χ0) is 22.8. The molecule has 0 radical (unpaired) electrons. The van der Waals surface area contributed by atoms with E-state index in [1.165, 1.54) is 17.7 Å². The van der Waals surface area contributed by atoms with Crippen molar-refractivity contribution in [3.8, 4) is 5.75 Å². The summed E-state index contributed by atoms with van der Waals surface area (Å²) in [5.74, 6) is 0.195. The number of nitrogens with zero attached hydrogens (tertiary/aromatic N) is 2. The Morgan fingerprint density at radius 1 is 1.12 bits per heavy atom. The van der Waals surface area contributed by atoms with Crippen molar-refractivity contribution in [3.05, 3.63) is 62.7 Å². The van der Waals surface area contributed by atoms with E-state index in [2.05, 4.69) is 10.3 Å². The molecule has 2 heterocycles. The van der Waals surface area contributed by atoms with Gasteiger partial charge >= 0.3 is 11.1 Å². The number of nitrogens with one attached hydrogen (secondary N) is 2. The number of fused-ring (bicyclic) bond motifs is 1. The molecule has 4 rings (SSSR count). The maximum absolute atomic E-state index is 12.9. The highest BCUT2D eigenvalue weighted by atomic mass is 16.5. The molecule has 1 aromatic heterocycles. The molecule has 2 amide bonds. The first kappa shape index (κ1) is 21.4. The van der Waals surface area contributed by atoms with Crippen LogP contribution in [-0.2, 0) is 11.3 Å². The molecular weight excluding hydrogens is 412 g/mol. The fourth-order valence-electron chi connectivity index (χ4n) is 3.98. The summed E-state index contributed by atoms with van der Waals surface area (Å²) in [6.45, 7) is 2.72. The largest absolute Gasteiger partial charge is 0.495 e. The van der Waals surface area contributed by atoms with Gasteiger partial charge in [-0.2, -0.15) is 0 Å². The second-order valence-electron chi connectivity index (χ2n) is 7.58. The van der Waals surface area contributed by atoms with E-state index < -0.39 is 11.1 Å². The Hall–Kier alpha value is -3.88. The third kappa shape index (κ3) is 3.89. The van der Waals surface area contributed by atoms with E-state index in [1.54, 1.807) is 42.2 Å². The molecule has 1 fully saturated rings. The van der Waals surface area contributed by atoms with Gasteiger partial charge in [0, 0.05) is 30.8 Å². The molecule has 1 aliphatic heterocycles. The number of hydrogen-bond donors (Lipinski definition) is 2. The van der Waals surface area contributed by atoms with Gasteiger partial charge in [0.15, 0.2) is 0 Å². The minimum atomic E-state index is -0.733. The van der Waals surface area contributed by atoms with Crippen LogP contribution in [0.1, 0.15) is 36.5 Å². The van der Waals surface area contributed by atoms with Crippen molar-refractivity contribution in [3.63, 3.8) is 0 Å². The predicted molar refractivity (Wildman–Crippen MR) is 122 cm³/mol. The van der Waals surface area contributed by atoms with Gasteiger partial charge in [0.1, 0.15) is 5.75 Å². The highest BCUT2D eigenvalue weighted by Gasteiger charge is 2.23. The number of aromatic amines is 1. The van der Waals surface area contributed by atoms with Crippen LogP contribution in [0.4, 0.5) is 11.4 Å². The Bertz CT molecular complexity index is 1320. The summed E-state index contributed by atoms with van der Waals surface area (Å²) < 4.78 is 6.78. The summed E-state index contributed by atoms with van der Waals surface area (Å²) in [6.07, 6.45) is 2.26. The molecule has 9 nitrogen and oxygen atoms in total. The van der Waals surface area contributed by atoms with Gasteiger partial charge in [-0.3, -0.25) is 19.2 Å². The lowest BCUT2D eigenvalue weighted by molar-refractivity contribution is -0.119. The average Bonchev–Trinajstić information content (AvgIpc) is 2.80. The molecule has 0 saturated carbocycles. The molecule has 2 N–H and O–H groups in total. The minimum absolute atomic E-state index is 0.0264. The smallest absolute Gasteiger partial charge is 0.316 e. The number of H-pyrrole nitrogens is 1. The molecule has 0 aliphatic carbocycles. The summed E-state index contributed by atoms with van der Waals surface area (Å²) in [6, 6.07) is 9.90. The van der Waals surface area contributed by atoms with Crippen LogP contribution in [0.5, 0.6) is 5.75 Å². The molecule has 0 atom stereocenters. The van der Waals surface area contributed by atoms with Gasteiger partial charge in [-0.15, -0.1) is 0 Å². The molecule has 1 aliphatic rings. The lowest BCUT2D eigenvalue weighted by Gasteiger charge is -2.28. The normalized spacial score (nSPS) is 13.9. The average molecular weight is 436 g/mol. The minimum Gasteiger partial charge on any atom is -0.495 e. The van der Waals surface area contributed by atoms with Gasteiger partial charge in [-0.05, 0) is 56.2 Å². The van der Waals surface area contributed by atoms with Crippen molar-refractivity contribution in [2.24, 2.45) is 0 Å². The first-order valence-electron chi connectivity index (χ1n) is 10.5. The lowest BCUT2D eigenvalue weighted by Crippen LogP contribution is -2.36. The van der Waals surface area contributed by atoms with E-state index in [1.807, 2.05) is 0 Å². The van der Waals surface area contributed by atoms with Crippen molar-refractivity contribution in [2.75, 3.05) is 23.9 Å². The fourth-order valence-corrected chi connectivity index (χ4v) is 3.98. The summed E-state index contributed by atoms with van der Waals surface area (Å²) >= 11 is 0. The summed E-state index contributed by atoms with van der Waals surface area (Å²) in [5, 5.41) is 2.83. The third-order valence-corrected chi connectivity index (χ3v) is 5.60. The quantitative estimate of drug-likeness (QED) is 0.597. The molecule has 32 heavy (non-hydrogen) atoms. The van der Waals surface area contributed by atoms with Gasteiger partial charge < -0.3 is 24.5 Å². The number of aromatic nitrogens is 2. The second kappa shape index (κ2) is 8.70. The number of piperidine rings is 1. The zero-order valence-corrected chi connectivity index (χ0v) is 17.9. The van der Waals surface area contributed by atoms with Gasteiger partial charge in [-0.25, -0.2) is 0 Å². The number of rotatable bonds is 5. The number of benzene rings is 2. The number of anilines is 2. The van der Waals surface area contributed by atoms with Crippen molar-refractivity contribution in [1.29, 1.82) is 0 Å². The number of hydrogen-bond acceptors (Lipinski definition) is 5. The van der Waals surface area contributed by atoms with Crippen molar-refractivity contribution in [1.82, 2.24) is 9.55 Å². The molecular formula is C23H24N4O5. The summed E-state index contributed by atoms with van der Waals surface area (Å²) in [5.41, 5.74) is 1.03. The molecule has 3 aromatic rings. The van der Waals surface area contributed by atoms with Crippen LogP contribution in [0.25, 0.3) is 11.0 Å². The number of carbonyl (C=O) groups is 2. The van der Waals surface area contributed by atoms with Crippen molar-refractivity contribution in [2.45, 2.75) is 32.7 Å². The second-order valence-corrected chi connectivity index (χ2v) is 7.58. The van der Waals surface area contributed by atoms with E-state index in [0.717, 1.165) is 12.8 Å². The Kier molecular flexibility index (Phi) is 5.81. The lowest BCUT2D eigenvalue weighted by atomic mass is 10.1. The molecule has 0 bridgehead atoms. The van der Waals surface area contributed by atoms with Crippen molar-refractivity contribution < 1.29 is 14.3 Å². The maximum Gasteiger partial charge on any atom is 0.316 e. The highest BCUT2D eigenvalue weighted by molar-refractivity contribution is 6.06. The Labute approximate surface area is 183 Å². The monoisotopic (exact) mass is 436 g/mol. The molecule has 9 heteroatoms. The van der Waals surface area contributed by atoms with Crippen LogP contribution >= 0.6 is 0 Å². The van der Waals surface area contributed by atoms with Gasteiger partial charge in [-0.1, -0.05) is 0 Å². The molecule has 1 saturated heterocycles. The number of ether oxygens (including phenoxy) is 1. The van der Waals surface area contributed by atoms with Gasteiger partial charge in [0.05, 0.1) is 23.8 Å². The summed E-state index contributed by atoms with van der Waals surface area (Å²) in [4.78, 5) is 53.4. The first-order chi connectivity index (χ1) is 15.4. The zero-order valence-electron chi connectivity index (χ0n) is 17.9. The number of methoxy groups -OCH3 is 1. The van der Waals surface area contributed by atoms with Crippen LogP contribution < -0.4 is 26.1 Å². The van der Waals surface area contributed by atoms with Gasteiger partial charge in [0.2, 0.25) is 5.91 Å². The number of carbonyl (C=O) groups excluding carboxylic acids is 2. The summed E-state index contributed by atoms with van der Waals surface area (Å²) in [7, 11) is 1.54. The SMILES string of the molecule is CCn1c(=O)c(=O)[nH]c2cc(C(=O)Nc3ccc(OC)c(N4CCCCC4=O)c3)ccc21. The van der Waals surface area contributed by atoms with Crippen molar-refractivity contribution >= 4 is 34.2 Å². The Morgan fingerprint density at radius 3 is 2.66 bits per heavy atom. The maximum atomic E-state index is 12.9. The Balaban J connectivity index is 1.65. The topological polar surface area (TPSA) is 114 Å². The van der Waals surface area contributed by atoms with Gasteiger partial charge in [0.25, 0.3) is 5.91 Å².